The van der Waals surface area contributed by atoms with Gasteiger partial charge in [0.05, 0.1) is 12.9 Å². The van der Waals surface area contributed by atoms with Gasteiger partial charge in [0, 0.05) is 5.56 Å². The average molecular weight is 360 g/mol. The van der Waals surface area contributed by atoms with Crippen LogP contribution in [0.15, 0.2) is 44.4 Å². The molecule has 1 aliphatic rings. The summed E-state index contributed by atoms with van der Waals surface area (Å²) in [6, 6.07) is 8.68. The number of benzene rings is 1. The minimum absolute atomic E-state index is 0.157. The number of thioether (sulfide) groups is 1. The van der Waals surface area contributed by atoms with Crippen LogP contribution in [0.5, 0.6) is 11.5 Å². The van der Waals surface area contributed by atoms with Gasteiger partial charge in [-0.2, -0.15) is 0 Å². The fourth-order valence-electron chi connectivity index (χ4n) is 2.21. The quantitative estimate of drug-likeness (QED) is 0.502. The number of rotatable bonds is 5. The van der Waals surface area contributed by atoms with Crippen molar-refractivity contribution in [2.45, 2.75) is 11.0 Å². The molecule has 0 N–H and O–H groups in total. The third-order valence-electron chi connectivity index (χ3n) is 3.41. The van der Waals surface area contributed by atoms with Crippen LogP contribution in [-0.2, 0) is 10.5 Å². The molecule has 0 unspecified atom stereocenters. The van der Waals surface area contributed by atoms with Gasteiger partial charge >= 0.3 is 5.97 Å². The van der Waals surface area contributed by atoms with Crippen molar-refractivity contribution in [3.05, 3.63) is 41.9 Å². The van der Waals surface area contributed by atoms with Crippen molar-refractivity contribution in [1.82, 2.24) is 10.2 Å². The Hall–Kier alpha value is -2.94. The van der Waals surface area contributed by atoms with Gasteiger partial charge in [-0.1, -0.05) is 11.8 Å². The number of furan rings is 1. The van der Waals surface area contributed by atoms with E-state index in [4.69, 9.17) is 18.3 Å². The van der Waals surface area contributed by atoms with Crippen LogP contribution in [0.2, 0.25) is 0 Å². The molecule has 0 saturated heterocycles. The van der Waals surface area contributed by atoms with Crippen LogP contribution in [0.3, 0.4) is 0 Å². The van der Waals surface area contributed by atoms with Crippen LogP contribution in [0.4, 0.5) is 0 Å². The lowest BCUT2D eigenvalue weighted by molar-refractivity contribution is 0.0563. The van der Waals surface area contributed by atoms with E-state index < -0.39 is 5.97 Å². The summed E-state index contributed by atoms with van der Waals surface area (Å²) < 4.78 is 26.2. The monoisotopic (exact) mass is 360 g/mol. The molecule has 0 amide bonds. The minimum Gasteiger partial charge on any atom is -0.463 e. The SMILES string of the molecule is COC(=O)c1ccc(CSc2nnc(-c3ccc4c(c3)OCO4)o2)o1. The highest BCUT2D eigenvalue weighted by molar-refractivity contribution is 7.98. The molecule has 9 heteroatoms. The summed E-state index contributed by atoms with van der Waals surface area (Å²) in [6.45, 7) is 0.209. The normalized spacial score (nSPS) is 12.4. The molecule has 25 heavy (non-hydrogen) atoms. The fourth-order valence-corrected chi connectivity index (χ4v) is 2.87. The summed E-state index contributed by atoms with van der Waals surface area (Å²) in [4.78, 5) is 11.4. The number of aromatic nitrogens is 2. The molecule has 3 aromatic rings. The molecular formula is C16H12N2O6S. The Morgan fingerprint density at radius 1 is 1.16 bits per heavy atom. The van der Waals surface area contributed by atoms with Crippen LogP contribution in [0.1, 0.15) is 16.3 Å². The summed E-state index contributed by atoms with van der Waals surface area (Å²) in [7, 11) is 1.30. The van der Waals surface area contributed by atoms with E-state index >= 15 is 0 Å². The fraction of sp³-hybridized carbons (Fsp3) is 0.188. The van der Waals surface area contributed by atoms with Crippen LogP contribution in [0, 0.1) is 0 Å². The predicted molar refractivity (Wildman–Crippen MR) is 85.5 cm³/mol. The minimum atomic E-state index is -0.515. The second-order valence-corrected chi connectivity index (χ2v) is 5.91. The smallest absolute Gasteiger partial charge is 0.373 e. The first-order chi connectivity index (χ1) is 12.2. The van der Waals surface area contributed by atoms with E-state index in [9.17, 15) is 4.79 Å². The van der Waals surface area contributed by atoms with Crippen molar-refractivity contribution < 1.29 is 27.8 Å². The van der Waals surface area contributed by atoms with Crippen molar-refractivity contribution in [3.8, 4) is 23.0 Å². The molecule has 1 aliphatic heterocycles. The van der Waals surface area contributed by atoms with E-state index in [1.165, 1.54) is 18.9 Å². The van der Waals surface area contributed by atoms with Gasteiger partial charge in [0.25, 0.3) is 5.22 Å². The molecule has 128 valence electrons. The molecule has 0 spiro atoms. The summed E-state index contributed by atoms with van der Waals surface area (Å²) in [5.41, 5.74) is 0.745. The van der Waals surface area contributed by atoms with Gasteiger partial charge in [-0.25, -0.2) is 4.79 Å². The highest BCUT2D eigenvalue weighted by Crippen LogP contribution is 2.36. The van der Waals surface area contributed by atoms with E-state index in [-0.39, 0.29) is 12.6 Å². The molecule has 0 fully saturated rings. The van der Waals surface area contributed by atoms with Gasteiger partial charge in [-0.05, 0) is 30.3 Å². The van der Waals surface area contributed by atoms with Crippen molar-refractivity contribution in [3.63, 3.8) is 0 Å². The Morgan fingerprint density at radius 3 is 2.92 bits per heavy atom. The van der Waals surface area contributed by atoms with Gasteiger partial charge in [0.1, 0.15) is 5.76 Å². The molecule has 0 bridgehead atoms. The van der Waals surface area contributed by atoms with Gasteiger partial charge < -0.3 is 23.0 Å². The maximum absolute atomic E-state index is 11.4. The first-order valence-electron chi connectivity index (χ1n) is 7.26. The zero-order chi connectivity index (χ0) is 17.2. The molecule has 0 radical (unpaired) electrons. The van der Waals surface area contributed by atoms with Crippen molar-refractivity contribution >= 4 is 17.7 Å². The lowest BCUT2D eigenvalue weighted by atomic mass is 10.2. The van der Waals surface area contributed by atoms with Crippen molar-refractivity contribution in [2.24, 2.45) is 0 Å². The maximum Gasteiger partial charge on any atom is 0.373 e. The number of hydrogen-bond acceptors (Lipinski definition) is 9. The molecular weight excluding hydrogens is 348 g/mol. The Kier molecular flexibility index (Phi) is 4.06. The Morgan fingerprint density at radius 2 is 2.04 bits per heavy atom. The van der Waals surface area contributed by atoms with Crippen LogP contribution in [-0.4, -0.2) is 30.1 Å². The largest absolute Gasteiger partial charge is 0.463 e. The Bertz CT molecular complexity index is 919. The highest BCUT2D eigenvalue weighted by Gasteiger charge is 2.17. The number of ether oxygens (including phenoxy) is 3. The van der Waals surface area contributed by atoms with Gasteiger partial charge in [0.2, 0.25) is 18.4 Å². The average Bonchev–Trinajstić information content (AvgIpc) is 3.38. The number of methoxy groups -OCH3 is 1. The summed E-state index contributed by atoms with van der Waals surface area (Å²) in [6.07, 6.45) is 0. The van der Waals surface area contributed by atoms with Gasteiger partial charge in [-0.3, -0.25) is 0 Å². The number of hydrogen-bond donors (Lipinski definition) is 0. The van der Waals surface area contributed by atoms with E-state index in [0.717, 1.165) is 5.56 Å². The van der Waals surface area contributed by atoms with Gasteiger partial charge in [-0.15, -0.1) is 10.2 Å². The molecule has 0 saturated carbocycles. The van der Waals surface area contributed by atoms with E-state index in [1.54, 1.807) is 24.3 Å². The molecule has 8 nitrogen and oxygen atoms in total. The molecule has 4 rings (SSSR count). The van der Waals surface area contributed by atoms with Crippen molar-refractivity contribution in [2.75, 3.05) is 13.9 Å². The van der Waals surface area contributed by atoms with Crippen LogP contribution in [0.25, 0.3) is 11.5 Å². The number of fused-ring (bicyclic) bond motifs is 1. The molecule has 0 aliphatic carbocycles. The van der Waals surface area contributed by atoms with E-state index in [0.29, 0.717) is 34.1 Å². The first kappa shape index (κ1) is 15.6. The summed E-state index contributed by atoms with van der Waals surface area (Å²) >= 11 is 1.31. The Balaban J connectivity index is 1.43. The predicted octanol–water partition coefficient (Wildman–Crippen LogP) is 3.14. The first-order valence-corrected chi connectivity index (χ1v) is 8.25. The number of carbonyl (C=O) groups excluding carboxylic acids is 1. The number of nitrogens with zero attached hydrogens (tertiary/aromatic N) is 2. The zero-order valence-corrected chi connectivity index (χ0v) is 13.9. The van der Waals surface area contributed by atoms with E-state index in [2.05, 4.69) is 14.9 Å². The number of esters is 1. The second-order valence-electron chi connectivity index (χ2n) is 4.99. The topological polar surface area (TPSA) is 96.8 Å². The lowest BCUT2D eigenvalue weighted by Crippen LogP contribution is -1.98. The standard InChI is InChI=1S/C16H12N2O6S/c1-20-15(19)12-5-3-10(23-12)7-25-16-18-17-14(24-16)9-2-4-11-13(6-9)22-8-21-11/h2-6H,7-8H2,1H3. The molecule has 3 heterocycles. The van der Waals surface area contributed by atoms with E-state index in [1.807, 2.05) is 6.07 Å². The molecule has 2 aromatic heterocycles. The summed E-state index contributed by atoms with van der Waals surface area (Å²) in [5.74, 6) is 2.42. The number of carbonyl (C=O) groups is 1. The maximum atomic E-state index is 11.4. The third kappa shape index (κ3) is 3.18. The zero-order valence-electron chi connectivity index (χ0n) is 13.1. The lowest BCUT2D eigenvalue weighted by Gasteiger charge is -1.98. The van der Waals surface area contributed by atoms with Crippen LogP contribution < -0.4 is 9.47 Å². The van der Waals surface area contributed by atoms with Crippen LogP contribution >= 0.6 is 11.8 Å². The third-order valence-corrected chi connectivity index (χ3v) is 4.25. The Labute approximate surface area is 146 Å². The molecule has 1 aromatic carbocycles. The molecule has 0 atom stereocenters. The summed E-state index contributed by atoms with van der Waals surface area (Å²) in [5, 5.41) is 8.42. The van der Waals surface area contributed by atoms with Gasteiger partial charge in [0.15, 0.2) is 11.5 Å². The second kappa shape index (κ2) is 6.52. The highest BCUT2D eigenvalue weighted by atomic mass is 32.2. The van der Waals surface area contributed by atoms with Crippen molar-refractivity contribution in [1.29, 1.82) is 0 Å².